The van der Waals surface area contributed by atoms with E-state index in [1.165, 1.54) is 10.9 Å². The van der Waals surface area contributed by atoms with Crippen LogP contribution in [0.2, 0.25) is 0 Å². The molecule has 4 aromatic rings. The van der Waals surface area contributed by atoms with Gasteiger partial charge in [-0.2, -0.15) is 9.97 Å². The Balaban J connectivity index is 1.31. The lowest BCUT2D eigenvalue weighted by Gasteiger charge is -2.30. The van der Waals surface area contributed by atoms with Crippen LogP contribution in [-0.2, 0) is 30.6 Å². The van der Waals surface area contributed by atoms with Crippen LogP contribution in [0.15, 0.2) is 48.8 Å². The molecule has 0 amide bonds. The van der Waals surface area contributed by atoms with Gasteiger partial charge in [-0.05, 0) is 35.6 Å². The Morgan fingerprint density at radius 2 is 2.00 bits per heavy atom. The highest BCUT2D eigenvalue weighted by atomic mass is 35.5. The van der Waals surface area contributed by atoms with E-state index < -0.39 is 48.4 Å². The molecule has 1 saturated heterocycles. The van der Waals surface area contributed by atoms with Gasteiger partial charge in [-0.15, -0.1) is 11.6 Å². The Kier molecular flexibility index (Phi) is 8.65. The fourth-order valence-corrected chi connectivity index (χ4v) is 8.85. The minimum atomic E-state index is -3.78. The minimum Gasteiger partial charge on any atom is -0.464 e. The summed E-state index contributed by atoms with van der Waals surface area (Å²) in [6.07, 6.45) is -3.51. The van der Waals surface area contributed by atoms with Crippen molar-refractivity contribution in [2.45, 2.75) is 63.4 Å². The van der Waals surface area contributed by atoms with Gasteiger partial charge in [0.1, 0.15) is 23.5 Å². The van der Waals surface area contributed by atoms with Crippen LogP contribution in [0.1, 0.15) is 33.9 Å². The second kappa shape index (κ2) is 12.1. The molecule has 0 radical (unpaired) electrons. The second-order valence-corrected chi connectivity index (χ2v) is 16.2. The summed E-state index contributed by atoms with van der Waals surface area (Å²) in [7, 11) is 1.64. The lowest BCUT2D eigenvalue weighted by atomic mass is 9.99. The van der Waals surface area contributed by atoms with Gasteiger partial charge < -0.3 is 30.2 Å². The standard InChI is InChI=1S/C30H36ClFN7O6PS/c1-16(25(40)42-14-28(2,3)4)38-46(47,44-19-12-8-10-17-9-6-7-11-18(17)19)45-26-29(13-31)30(26,41)21(32)24(43-29)39-15-35-20-22(34-5)36-27(33)37-23(20)39/h6-12,15-16,21,24,26,41H,13-14H2,1-5H3,(H,38,47)(H3,33,34,36,37)/t16-,21-,24+,26?,29+,30+,46+/m0/s1. The van der Waals surface area contributed by atoms with Crippen LogP contribution in [0.5, 0.6) is 5.75 Å². The van der Waals surface area contributed by atoms with Crippen LogP contribution in [-0.4, -0.2) is 79.6 Å². The van der Waals surface area contributed by atoms with E-state index in [2.05, 4.69) is 25.4 Å². The van der Waals surface area contributed by atoms with Gasteiger partial charge in [0.25, 0.3) is 0 Å². The molecular formula is C30H36ClFN7O6PS. The molecule has 0 bridgehead atoms. The van der Waals surface area contributed by atoms with Gasteiger partial charge in [-0.25, -0.2) is 14.5 Å². The quantitative estimate of drug-likeness (QED) is 0.0982. The average molecular weight is 708 g/mol. The maximum atomic E-state index is 16.5. The van der Waals surface area contributed by atoms with E-state index in [-0.39, 0.29) is 29.5 Å². The number of hydrogen-bond donors (Lipinski definition) is 4. The van der Waals surface area contributed by atoms with E-state index in [1.807, 2.05) is 51.1 Å². The van der Waals surface area contributed by atoms with Gasteiger partial charge in [-0.1, -0.05) is 57.2 Å². The van der Waals surface area contributed by atoms with Crippen molar-refractivity contribution >= 4 is 69.7 Å². The lowest BCUT2D eigenvalue weighted by Crippen LogP contribution is -2.38. The third-order valence-electron chi connectivity index (χ3n) is 8.13. The van der Waals surface area contributed by atoms with Gasteiger partial charge >= 0.3 is 12.6 Å². The predicted molar refractivity (Wildman–Crippen MR) is 179 cm³/mol. The molecule has 0 spiro atoms. The Morgan fingerprint density at radius 1 is 1.28 bits per heavy atom. The van der Waals surface area contributed by atoms with Crippen molar-refractivity contribution in [3.8, 4) is 5.75 Å². The van der Waals surface area contributed by atoms with E-state index in [9.17, 15) is 9.90 Å². The van der Waals surface area contributed by atoms with Crippen molar-refractivity contribution in [1.29, 1.82) is 0 Å². The summed E-state index contributed by atoms with van der Waals surface area (Å²) in [6, 6.07) is 11.9. The number of aromatic nitrogens is 4. The smallest absolute Gasteiger partial charge is 0.323 e. The zero-order valence-electron chi connectivity index (χ0n) is 26.3. The number of nitrogen functional groups attached to an aromatic ring is 1. The zero-order chi connectivity index (χ0) is 33.9. The number of carbonyl (C=O) groups excluding carboxylic acids is 1. The summed E-state index contributed by atoms with van der Waals surface area (Å²) in [4.78, 5) is 25.6. The van der Waals surface area contributed by atoms with Crippen LogP contribution in [0.3, 0.4) is 0 Å². The molecule has 17 heteroatoms. The molecule has 6 rings (SSSR count). The maximum Gasteiger partial charge on any atom is 0.323 e. The Hall–Kier alpha value is -3.17. The van der Waals surface area contributed by atoms with Gasteiger partial charge in [-0.3, -0.25) is 13.9 Å². The Bertz CT molecular complexity index is 1890. The number of aliphatic hydroxyl groups is 1. The molecule has 2 aromatic carbocycles. The highest BCUT2D eigenvalue weighted by Gasteiger charge is 2.89. The summed E-state index contributed by atoms with van der Waals surface area (Å²) in [5.41, 5.74) is 2.14. The molecule has 2 fully saturated rings. The Morgan fingerprint density at radius 3 is 2.68 bits per heavy atom. The van der Waals surface area contributed by atoms with E-state index in [0.717, 1.165) is 10.8 Å². The number of carbonyl (C=O) groups is 1. The van der Waals surface area contributed by atoms with Gasteiger partial charge in [0.15, 0.2) is 35.0 Å². The molecule has 13 nitrogen and oxygen atoms in total. The van der Waals surface area contributed by atoms with E-state index in [0.29, 0.717) is 17.1 Å². The minimum absolute atomic E-state index is 0.0679. The van der Waals surface area contributed by atoms with Crippen LogP contribution in [0.4, 0.5) is 16.2 Å². The van der Waals surface area contributed by atoms with Gasteiger partial charge in [0.2, 0.25) is 5.95 Å². The third kappa shape index (κ3) is 5.81. The number of alkyl halides is 2. The van der Waals surface area contributed by atoms with Crippen molar-refractivity contribution in [3.05, 3.63) is 48.8 Å². The largest absolute Gasteiger partial charge is 0.464 e. The van der Waals surface area contributed by atoms with E-state index in [1.54, 1.807) is 26.1 Å². The first-order valence-electron chi connectivity index (χ1n) is 14.8. The molecule has 7 atom stereocenters. The molecule has 5 N–H and O–H groups in total. The summed E-state index contributed by atoms with van der Waals surface area (Å²) in [5, 5.41) is 19.3. The fourth-order valence-electron chi connectivity index (χ4n) is 5.70. The third-order valence-corrected chi connectivity index (χ3v) is 11.0. The number of nitrogens with one attached hydrogen (secondary N) is 2. The molecule has 2 aliphatic rings. The lowest BCUT2D eigenvalue weighted by molar-refractivity contribution is -0.148. The topological polar surface area (TPSA) is 168 Å². The number of benzene rings is 2. The fraction of sp³-hybridized carbons (Fsp3) is 0.467. The van der Waals surface area contributed by atoms with Crippen LogP contribution < -0.4 is 20.7 Å². The van der Waals surface area contributed by atoms with Crippen molar-refractivity contribution in [3.63, 3.8) is 0 Å². The molecule has 252 valence electrons. The summed E-state index contributed by atoms with van der Waals surface area (Å²) < 4.78 is 42.1. The summed E-state index contributed by atoms with van der Waals surface area (Å²) in [6.45, 7) is 3.75. The van der Waals surface area contributed by atoms with Crippen LogP contribution >= 0.6 is 18.2 Å². The number of esters is 1. The highest BCUT2D eigenvalue weighted by Crippen LogP contribution is 2.69. The molecule has 3 heterocycles. The molecule has 1 unspecified atom stereocenters. The number of nitrogens with two attached hydrogens (primary N) is 1. The number of imidazole rings is 1. The number of hydrogen-bond acceptors (Lipinski definition) is 12. The number of fused-ring (bicyclic) bond motifs is 3. The molecule has 47 heavy (non-hydrogen) atoms. The molecule has 2 aromatic heterocycles. The van der Waals surface area contributed by atoms with E-state index >= 15 is 4.39 Å². The second-order valence-electron chi connectivity index (χ2n) is 12.8. The van der Waals surface area contributed by atoms with Crippen LogP contribution in [0, 0.1) is 5.41 Å². The summed E-state index contributed by atoms with van der Waals surface area (Å²) in [5.74, 6) is -0.311. The first-order valence-corrected chi connectivity index (χ1v) is 18.0. The van der Waals surface area contributed by atoms with Gasteiger partial charge in [0, 0.05) is 12.4 Å². The normalized spacial score (nSPS) is 27.3. The van der Waals surface area contributed by atoms with Crippen LogP contribution in [0.25, 0.3) is 21.9 Å². The SMILES string of the molecule is CNc1nc(N)nc2c1ncn2[C@@H]1O[C@]2(CCl)C(O[P@@](=S)(N[C@@H](C)C(=O)OCC(C)(C)C)Oc3cccc4ccccc34)[C@]2(O)[C@H]1F. The number of nitrogens with zero attached hydrogens (tertiary/aromatic N) is 4. The number of halogens is 2. The number of ether oxygens (including phenoxy) is 2. The highest BCUT2D eigenvalue weighted by molar-refractivity contribution is 8.09. The van der Waals surface area contributed by atoms with Crippen molar-refractivity contribution in [2.24, 2.45) is 5.41 Å². The number of rotatable bonds is 11. The maximum absolute atomic E-state index is 16.5. The Labute approximate surface area is 280 Å². The first kappa shape index (κ1) is 33.7. The number of anilines is 2. The van der Waals surface area contributed by atoms with Crippen molar-refractivity contribution in [1.82, 2.24) is 24.6 Å². The molecule has 1 aliphatic heterocycles. The van der Waals surface area contributed by atoms with Crippen molar-refractivity contribution < 1.29 is 32.8 Å². The van der Waals surface area contributed by atoms with Gasteiger partial charge in [0.05, 0.1) is 18.8 Å². The summed E-state index contributed by atoms with van der Waals surface area (Å²) >= 11 is 12.4. The molecule has 1 aliphatic carbocycles. The average Bonchev–Trinajstić information content (AvgIpc) is 3.25. The molecule has 1 saturated carbocycles. The first-order chi connectivity index (χ1) is 22.2. The predicted octanol–water partition coefficient (Wildman–Crippen LogP) is 4.45. The zero-order valence-corrected chi connectivity index (χ0v) is 28.8. The van der Waals surface area contributed by atoms with E-state index in [4.69, 9.17) is 47.7 Å². The van der Waals surface area contributed by atoms with Crippen molar-refractivity contribution in [2.75, 3.05) is 30.6 Å². The monoisotopic (exact) mass is 707 g/mol. The molecular weight excluding hydrogens is 672 g/mol.